The van der Waals surface area contributed by atoms with E-state index in [1.165, 1.54) is 0 Å². The molecule has 0 aliphatic heterocycles. The number of nitrogens with zero attached hydrogens (tertiary/aromatic N) is 4. The lowest BCUT2D eigenvalue weighted by atomic mass is 9.98. The molecule has 60 heavy (non-hydrogen) atoms. The van der Waals surface area contributed by atoms with E-state index in [1.807, 2.05) is 0 Å². The molecule has 0 unspecified atom stereocenters. The minimum atomic E-state index is -5.14. The van der Waals surface area contributed by atoms with Crippen LogP contribution in [0.15, 0.2) is 103 Å². The van der Waals surface area contributed by atoms with E-state index in [0.717, 1.165) is 51.7 Å². The maximum atomic E-state index is 14.3. The maximum Gasteiger partial charge on any atom is 0.416 e. The predicted octanol–water partition coefficient (Wildman–Crippen LogP) is 13.9. The number of fused-ring (bicyclic) bond motifs is 6. The van der Waals surface area contributed by atoms with Gasteiger partial charge in [0.1, 0.15) is 5.82 Å². The van der Waals surface area contributed by atoms with E-state index >= 15 is 0 Å². The van der Waals surface area contributed by atoms with E-state index in [4.69, 9.17) is 0 Å². The summed E-state index contributed by atoms with van der Waals surface area (Å²) in [4.78, 5) is 4.26. The van der Waals surface area contributed by atoms with E-state index in [1.54, 1.807) is 6.07 Å². The molecule has 0 radical (unpaired) electrons. The number of rotatable bonds is 3. The Labute approximate surface area is 324 Å². The van der Waals surface area contributed by atoms with Crippen LogP contribution in [-0.4, -0.2) is 14.1 Å². The van der Waals surface area contributed by atoms with Gasteiger partial charge < -0.3 is 4.57 Å². The first-order valence-electron chi connectivity index (χ1n) is 16.9. The van der Waals surface area contributed by atoms with Gasteiger partial charge in [-0.2, -0.15) is 71.1 Å². The SMILES string of the molecule is N#Cc1cc(-c2cc(-n3c4cc(C(F)(F)F)ccc4c4ccc(C(F)(F)F)cc43)ncc2-n2c3cc(C(F)(F)F)ccc3c3ccc(C(F)(F)F)cc32)cc(C(F)(F)F)c1. The first-order valence-corrected chi connectivity index (χ1v) is 16.9. The van der Waals surface area contributed by atoms with Crippen LogP contribution in [0.4, 0.5) is 65.9 Å². The van der Waals surface area contributed by atoms with Crippen LogP contribution in [0, 0.1) is 11.3 Å². The summed E-state index contributed by atoms with van der Waals surface area (Å²) in [5.74, 6) is -0.531. The van der Waals surface area contributed by atoms with Crippen molar-refractivity contribution in [3.8, 4) is 28.7 Å². The van der Waals surface area contributed by atoms with Gasteiger partial charge in [-0.25, -0.2) is 4.98 Å². The molecule has 8 rings (SSSR count). The Morgan fingerprint density at radius 1 is 0.417 bits per heavy atom. The van der Waals surface area contributed by atoms with Crippen molar-refractivity contribution < 1.29 is 65.9 Å². The summed E-state index contributed by atoms with van der Waals surface area (Å²) in [6.45, 7) is 0. The van der Waals surface area contributed by atoms with Gasteiger partial charge in [-0.05, 0) is 78.4 Å². The van der Waals surface area contributed by atoms with Crippen molar-refractivity contribution >= 4 is 43.6 Å². The average Bonchev–Trinajstić information content (AvgIpc) is 3.67. The number of alkyl halides is 15. The fourth-order valence-electron chi connectivity index (χ4n) is 7.23. The number of hydrogen-bond donors (Lipinski definition) is 0. The molecule has 19 heteroatoms. The van der Waals surface area contributed by atoms with E-state index in [9.17, 15) is 71.1 Å². The predicted molar refractivity (Wildman–Crippen MR) is 188 cm³/mol. The van der Waals surface area contributed by atoms with Crippen molar-refractivity contribution in [3.05, 3.63) is 137 Å². The molecule has 0 aliphatic carbocycles. The standard InChI is InChI=1S/C41H17F15N4/c42-37(43,44)21-1-5-26-27-6-2-22(38(45,46)47)13-32(27)59(31(26)12-21)35-18-58-36(16-30(35)20-9-19(17-57)10-25(11-20)41(54,55)56)60-33-14-23(39(48,49)50)3-7-28(33)29-8-4-24(15-34(29)60)40(51,52)53/h1-16,18H. The summed E-state index contributed by atoms with van der Waals surface area (Å²) < 4.78 is 214. The summed E-state index contributed by atoms with van der Waals surface area (Å²) in [6, 6.07) is 13.3. The molecule has 0 fully saturated rings. The Bertz CT molecular complexity index is 2950. The molecule has 3 aromatic heterocycles. The highest BCUT2D eigenvalue weighted by Crippen LogP contribution is 2.45. The number of nitriles is 1. The Morgan fingerprint density at radius 2 is 0.783 bits per heavy atom. The second-order valence-electron chi connectivity index (χ2n) is 13.6. The molecule has 5 aromatic carbocycles. The van der Waals surface area contributed by atoms with Gasteiger partial charge in [-0.15, -0.1) is 0 Å². The summed E-state index contributed by atoms with van der Waals surface area (Å²) >= 11 is 0. The van der Waals surface area contributed by atoms with Gasteiger partial charge in [0.05, 0.1) is 73.4 Å². The Balaban J connectivity index is 1.55. The second kappa shape index (κ2) is 13.1. The number of aromatic nitrogens is 3. The first kappa shape index (κ1) is 40.1. The fraction of sp³-hybridized carbons (Fsp3) is 0.122. The van der Waals surface area contributed by atoms with Crippen molar-refractivity contribution in [1.29, 1.82) is 5.26 Å². The van der Waals surface area contributed by atoms with Crippen LogP contribution >= 0.6 is 0 Å². The molecular weight excluding hydrogens is 833 g/mol. The van der Waals surface area contributed by atoms with Crippen LogP contribution in [0.1, 0.15) is 33.4 Å². The second-order valence-corrected chi connectivity index (χ2v) is 13.6. The Morgan fingerprint density at radius 3 is 1.13 bits per heavy atom. The van der Waals surface area contributed by atoms with Crippen LogP contribution in [-0.2, 0) is 30.9 Å². The molecule has 0 N–H and O–H groups in total. The van der Waals surface area contributed by atoms with Gasteiger partial charge >= 0.3 is 30.9 Å². The minimum Gasteiger partial charge on any atom is -0.307 e. The molecular formula is C41H17F15N4. The van der Waals surface area contributed by atoms with Crippen LogP contribution in [0.3, 0.4) is 0 Å². The molecule has 0 amide bonds. The number of hydrogen-bond acceptors (Lipinski definition) is 2. The zero-order chi connectivity index (χ0) is 43.5. The number of halogens is 15. The molecule has 4 nitrogen and oxygen atoms in total. The summed E-state index contributed by atoms with van der Waals surface area (Å²) in [6.07, 6.45) is -24.3. The smallest absolute Gasteiger partial charge is 0.307 e. The Kier molecular flexibility index (Phi) is 8.78. The lowest BCUT2D eigenvalue weighted by Crippen LogP contribution is -2.09. The van der Waals surface area contributed by atoms with Gasteiger partial charge in [0.2, 0.25) is 0 Å². The van der Waals surface area contributed by atoms with Gasteiger partial charge in [-0.3, -0.25) is 4.57 Å². The van der Waals surface area contributed by atoms with Gasteiger partial charge in [0.15, 0.2) is 0 Å². The molecule has 0 spiro atoms. The van der Waals surface area contributed by atoms with E-state index in [-0.39, 0.29) is 32.6 Å². The number of pyridine rings is 1. The van der Waals surface area contributed by atoms with Crippen LogP contribution in [0.25, 0.3) is 66.2 Å². The Hall–Kier alpha value is -6.71. The molecule has 3 heterocycles. The molecule has 0 bridgehead atoms. The first-order chi connectivity index (χ1) is 27.8. The molecule has 0 atom stereocenters. The van der Waals surface area contributed by atoms with Crippen molar-refractivity contribution in [2.75, 3.05) is 0 Å². The van der Waals surface area contributed by atoms with Crippen molar-refractivity contribution in [2.45, 2.75) is 30.9 Å². The largest absolute Gasteiger partial charge is 0.416 e. The minimum absolute atomic E-state index is 0.0215. The zero-order valence-corrected chi connectivity index (χ0v) is 29.3. The van der Waals surface area contributed by atoms with Crippen LogP contribution in [0.2, 0.25) is 0 Å². The normalized spacial score (nSPS) is 13.2. The monoisotopic (exact) mass is 850 g/mol. The van der Waals surface area contributed by atoms with Crippen LogP contribution < -0.4 is 0 Å². The highest BCUT2D eigenvalue weighted by Gasteiger charge is 2.36. The van der Waals surface area contributed by atoms with E-state index in [0.29, 0.717) is 60.7 Å². The highest BCUT2D eigenvalue weighted by molar-refractivity contribution is 6.11. The van der Waals surface area contributed by atoms with Gasteiger partial charge in [0, 0.05) is 27.1 Å². The third kappa shape index (κ3) is 6.78. The van der Waals surface area contributed by atoms with Gasteiger partial charge in [0.25, 0.3) is 0 Å². The highest BCUT2D eigenvalue weighted by atomic mass is 19.4. The summed E-state index contributed by atoms with van der Waals surface area (Å²) in [7, 11) is 0. The van der Waals surface area contributed by atoms with Crippen LogP contribution in [0.5, 0.6) is 0 Å². The van der Waals surface area contributed by atoms with Crippen molar-refractivity contribution in [1.82, 2.24) is 14.1 Å². The maximum absolute atomic E-state index is 14.3. The molecule has 0 saturated carbocycles. The van der Waals surface area contributed by atoms with Crippen molar-refractivity contribution in [3.63, 3.8) is 0 Å². The lowest BCUT2D eigenvalue weighted by Gasteiger charge is -2.18. The third-order valence-corrected chi connectivity index (χ3v) is 9.88. The van der Waals surface area contributed by atoms with Gasteiger partial charge in [-0.1, -0.05) is 24.3 Å². The number of benzene rings is 5. The fourth-order valence-corrected chi connectivity index (χ4v) is 7.23. The summed E-state index contributed by atoms with van der Waals surface area (Å²) in [5.41, 5.74) is -10.2. The van der Waals surface area contributed by atoms with E-state index in [2.05, 4.69) is 4.98 Å². The molecule has 8 aromatic rings. The third-order valence-electron chi connectivity index (χ3n) is 9.88. The summed E-state index contributed by atoms with van der Waals surface area (Å²) in [5, 5.41) is 9.59. The molecule has 0 aliphatic rings. The van der Waals surface area contributed by atoms with E-state index < -0.39 is 97.9 Å². The topological polar surface area (TPSA) is 46.5 Å². The molecule has 0 saturated heterocycles. The zero-order valence-electron chi connectivity index (χ0n) is 29.3. The average molecular weight is 851 g/mol. The lowest BCUT2D eigenvalue weighted by molar-refractivity contribution is -0.138. The molecule has 306 valence electrons. The quantitative estimate of drug-likeness (QED) is 0.166. The van der Waals surface area contributed by atoms with Crippen molar-refractivity contribution in [2.24, 2.45) is 0 Å².